The number of rotatable bonds is 3. The van der Waals surface area contributed by atoms with E-state index in [9.17, 15) is 17.6 Å². The molecule has 2 aromatic rings. The average Bonchev–Trinajstić information content (AvgIpc) is 2.55. The molecule has 1 aromatic carbocycles. The summed E-state index contributed by atoms with van der Waals surface area (Å²) >= 11 is 1.14. The Balaban J connectivity index is 2.12. The Bertz CT molecular complexity index is 549. The summed E-state index contributed by atoms with van der Waals surface area (Å²) in [5, 5.41) is 3.04. The molecular weight excluding hydrogens is 268 g/mol. The zero-order valence-corrected chi connectivity index (χ0v) is 10.2. The van der Waals surface area contributed by atoms with E-state index in [1.807, 2.05) is 0 Å². The van der Waals surface area contributed by atoms with Crippen LogP contribution in [0.2, 0.25) is 0 Å². The Kier molecular flexibility index (Phi) is 3.43. The van der Waals surface area contributed by atoms with Gasteiger partial charge in [0.2, 0.25) is 0 Å². The number of benzene rings is 1. The molecule has 0 saturated carbocycles. The number of alkyl halides is 3. The second-order valence-corrected chi connectivity index (χ2v) is 5.03. The van der Waals surface area contributed by atoms with E-state index >= 15 is 0 Å². The van der Waals surface area contributed by atoms with Gasteiger partial charge in [-0.2, -0.15) is 13.2 Å². The molecule has 0 aliphatic heterocycles. The quantitative estimate of drug-likeness (QED) is 0.852. The van der Waals surface area contributed by atoms with Crippen LogP contribution in [0.4, 0.5) is 22.7 Å². The fourth-order valence-electron chi connectivity index (χ4n) is 1.57. The third kappa shape index (κ3) is 3.32. The first kappa shape index (κ1) is 13.1. The van der Waals surface area contributed by atoms with Gasteiger partial charge in [-0.15, -0.1) is 0 Å². The second-order valence-electron chi connectivity index (χ2n) is 4.00. The molecule has 7 heteroatoms. The van der Waals surface area contributed by atoms with Crippen LogP contribution in [-0.4, -0.2) is 17.2 Å². The van der Waals surface area contributed by atoms with Gasteiger partial charge in [-0.05, 0) is 25.1 Å². The van der Waals surface area contributed by atoms with Crippen molar-refractivity contribution < 1.29 is 17.6 Å². The molecule has 1 atom stereocenters. The standard InChI is InChI=1S/C11H10F4N2S/c1-6(5-11(13,14)15)16-10-17-8-3-2-7(12)4-9(8)18-10/h2-4,6H,5H2,1H3,(H,16,17). The lowest BCUT2D eigenvalue weighted by molar-refractivity contribution is -0.136. The number of halogens is 4. The molecule has 2 nitrogen and oxygen atoms in total. The third-order valence-corrected chi connectivity index (χ3v) is 3.21. The monoisotopic (exact) mass is 278 g/mol. The van der Waals surface area contributed by atoms with Gasteiger partial charge in [-0.3, -0.25) is 0 Å². The zero-order valence-electron chi connectivity index (χ0n) is 9.38. The minimum absolute atomic E-state index is 0.368. The lowest BCUT2D eigenvalue weighted by Gasteiger charge is -2.14. The molecule has 1 aromatic heterocycles. The van der Waals surface area contributed by atoms with Crippen molar-refractivity contribution in [2.45, 2.75) is 25.6 Å². The minimum Gasteiger partial charge on any atom is -0.359 e. The Morgan fingerprint density at radius 2 is 2.11 bits per heavy atom. The summed E-state index contributed by atoms with van der Waals surface area (Å²) in [4.78, 5) is 4.10. The summed E-state index contributed by atoms with van der Waals surface area (Å²) in [5.41, 5.74) is 0.572. The van der Waals surface area contributed by atoms with Crippen LogP contribution in [0.15, 0.2) is 18.2 Å². The van der Waals surface area contributed by atoms with Crippen molar-refractivity contribution in [2.24, 2.45) is 0 Å². The van der Waals surface area contributed by atoms with Gasteiger partial charge < -0.3 is 5.32 Å². The van der Waals surface area contributed by atoms with E-state index in [-0.39, 0.29) is 5.82 Å². The van der Waals surface area contributed by atoms with E-state index in [0.717, 1.165) is 11.3 Å². The summed E-state index contributed by atoms with van der Waals surface area (Å²) < 4.78 is 50.0. The lowest BCUT2D eigenvalue weighted by atomic mass is 10.2. The fraction of sp³-hybridized carbons (Fsp3) is 0.364. The molecule has 0 bridgehead atoms. The summed E-state index contributed by atoms with van der Waals surface area (Å²) in [6.07, 6.45) is -5.15. The number of aromatic nitrogens is 1. The van der Waals surface area contributed by atoms with Crippen molar-refractivity contribution in [1.82, 2.24) is 4.98 Å². The lowest BCUT2D eigenvalue weighted by Crippen LogP contribution is -2.23. The summed E-state index contributed by atoms with van der Waals surface area (Å²) in [7, 11) is 0. The van der Waals surface area contributed by atoms with Gasteiger partial charge >= 0.3 is 6.18 Å². The van der Waals surface area contributed by atoms with E-state index in [0.29, 0.717) is 15.3 Å². The smallest absolute Gasteiger partial charge is 0.359 e. The molecule has 0 aliphatic carbocycles. The molecule has 0 saturated heterocycles. The molecule has 0 aliphatic rings. The molecule has 0 radical (unpaired) electrons. The summed E-state index contributed by atoms with van der Waals surface area (Å²) in [6, 6.07) is 3.31. The number of hydrogen-bond acceptors (Lipinski definition) is 3. The van der Waals surface area contributed by atoms with Crippen LogP contribution >= 0.6 is 11.3 Å². The molecule has 1 heterocycles. The molecule has 1 unspecified atom stereocenters. The van der Waals surface area contributed by atoms with E-state index in [1.54, 1.807) is 0 Å². The van der Waals surface area contributed by atoms with Crippen LogP contribution in [0.5, 0.6) is 0 Å². The predicted molar refractivity (Wildman–Crippen MR) is 63.3 cm³/mol. The highest BCUT2D eigenvalue weighted by Gasteiger charge is 2.30. The molecule has 0 amide bonds. The second kappa shape index (κ2) is 4.72. The van der Waals surface area contributed by atoms with Gasteiger partial charge in [0, 0.05) is 6.04 Å². The van der Waals surface area contributed by atoms with Crippen molar-refractivity contribution in [3.8, 4) is 0 Å². The zero-order chi connectivity index (χ0) is 13.3. The summed E-state index contributed by atoms with van der Waals surface area (Å²) in [6.45, 7) is 1.43. The van der Waals surface area contributed by atoms with Crippen molar-refractivity contribution in [3.63, 3.8) is 0 Å². The Morgan fingerprint density at radius 1 is 1.39 bits per heavy atom. The maximum absolute atomic E-state index is 12.9. The molecular formula is C11H10F4N2S. The summed E-state index contributed by atoms with van der Waals surface area (Å²) in [5.74, 6) is -0.388. The van der Waals surface area contributed by atoms with Gasteiger partial charge in [-0.25, -0.2) is 9.37 Å². The van der Waals surface area contributed by atoms with Crippen LogP contribution in [0.25, 0.3) is 10.2 Å². The first-order valence-corrected chi connectivity index (χ1v) is 6.04. The number of thiazole rings is 1. The number of nitrogens with zero attached hydrogens (tertiary/aromatic N) is 1. The van der Waals surface area contributed by atoms with Crippen LogP contribution in [-0.2, 0) is 0 Å². The molecule has 0 spiro atoms. The highest BCUT2D eigenvalue weighted by atomic mass is 32.1. The van der Waals surface area contributed by atoms with Gasteiger partial charge in [0.1, 0.15) is 5.82 Å². The fourth-order valence-corrected chi connectivity index (χ4v) is 2.57. The number of anilines is 1. The normalized spacial score (nSPS) is 13.8. The predicted octanol–water partition coefficient (Wildman–Crippen LogP) is 4.19. The van der Waals surface area contributed by atoms with E-state index in [1.165, 1.54) is 25.1 Å². The minimum atomic E-state index is -4.21. The Hall–Kier alpha value is -1.37. The molecule has 2 rings (SSSR count). The van der Waals surface area contributed by atoms with Gasteiger partial charge in [0.25, 0.3) is 0 Å². The maximum Gasteiger partial charge on any atom is 0.391 e. The highest BCUT2D eigenvalue weighted by molar-refractivity contribution is 7.22. The van der Waals surface area contributed by atoms with Crippen LogP contribution in [0.3, 0.4) is 0 Å². The van der Waals surface area contributed by atoms with Crippen molar-refractivity contribution in [1.29, 1.82) is 0 Å². The van der Waals surface area contributed by atoms with Crippen molar-refractivity contribution >= 4 is 26.7 Å². The van der Waals surface area contributed by atoms with Crippen LogP contribution < -0.4 is 5.32 Å². The topological polar surface area (TPSA) is 24.9 Å². The van der Waals surface area contributed by atoms with E-state index in [4.69, 9.17) is 0 Å². The van der Waals surface area contributed by atoms with Crippen molar-refractivity contribution in [2.75, 3.05) is 5.32 Å². The molecule has 18 heavy (non-hydrogen) atoms. The highest BCUT2D eigenvalue weighted by Crippen LogP contribution is 2.29. The Morgan fingerprint density at radius 3 is 2.78 bits per heavy atom. The molecule has 98 valence electrons. The average molecular weight is 278 g/mol. The SMILES string of the molecule is CC(CC(F)(F)F)Nc1nc2ccc(F)cc2s1. The number of fused-ring (bicyclic) bond motifs is 1. The van der Waals surface area contributed by atoms with Gasteiger partial charge in [0.15, 0.2) is 5.13 Å². The van der Waals surface area contributed by atoms with Crippen molar-refractivity contribution in [3.05, 3.63) is 24.0 Å². The van der Waals surface area contributed by atoms with Gasteiger partial charge in [0.05, 0.1) is 16.6 Å². The van der Waals surface area contributed by atoms with Crippen LogP contribution in [0.1, 0.15) is 13.3 Å². The molecule has 1 N–H and O–H groups in total. The molecule has 0 fully saturated rings. The van der Waals surface area contributed by atoms with E-state index < -0.39 is 18.6 Å². The number of nitrogens with one attached hydrogen (secondary N) is 1. The Labute approximate surface area is 105 Å². The third-order valence-electron chi connectivity index (χ3n) is 2.26. The first-order valence-electron chi connectivity index (χ1n) is 5.23. The van der Waals surface area contributed by atoms with Gasteiger partial charge in [-0.1, -0.05) is 11.3 Å². The first-order chi connectivity index (χ1) is 8.33. The number of hydrogen-bond donors (Lipinski definition) is 1. The maximum atomic E-state index is 12.9. The largest absolute Gasteiger partial charge is 0.391 e. The van der Waals surface area contributed by atoms with E-state index in [2.05, 4.69) is 10.3 Å². The van der Waals surface area contributed by atoms with Crippen LogP contribution in [0, 0.1) is 5.82 Å².